The highest BCUT2D eigenvalue weighted by Gasteiger charge is 2.20. The first-order chi connectivity index (χ1) is 12.2. The summed E-state index contributed by atoms with van der Waals surface area (Å²) in [5, 5.41) is 0. The molecule has 1 aliphatic heterocycles. The van der Waals surface area contributed by atoms with Gasteiger partial charge in [-0.15, -0.1) is 0 Å². The van der Waals surface area contributed by atoms with E-state index in [2.05, 4.69) is 86.6 Å². The van der Waals surface area contributed by atoms with Crippen molar-refractivity contribution in [3.8, 4) is 11.1 Å². The summed E-state index contributed by atoms with van der Waals surface area (Å²) < 4.78 is 0. The Hall–Kier alpha value is -2.67. The maximum Gasteiger partial charge on any atom is 0.0756 e. The van der Waals surface area contributed by atoms with Crippen molar-refractivity contribution in [3.63, 3.8) is 0 Å². The van der Waals surface area contributed by atoms with E-state index < -0.39 is 0 Å². The number of nitrogens with zero attached hydrogens (tertiary/aromatic N) is 1. The van der Waals surface area contributed by atoms with Crippen LogP contribution in [0.5, 0.6) is 0 Å². The maximum atomic E-state index is 5.02. The van der Waals surface area contributed by atoms with E-state index in [-0.39, 0.29) is 0 Å². The van der Waals surface area contributed by atoms with E-state index in [0.717, 1.165) is 12.8 Å². The molecule has 0 spiro atoms. The van der Waals surface area contributed by atoms with Crippen molar-refractivity contribution >= 4 is 5.71 Å². The van der Waals surface area contributed by atoms with Crippen LogP contribution in [0, 0.1) is 13.8 Å². The van der Waals surface area contributed by atoms with Gasteiger partial charge in [0.05, 0.1) is 6.04 Å². The van der Waals surface area contributed by atoms with Crippen LogP contribution in [0.2, 0.25) is 0 Å². The fraction of sp³-hybridized carbons (Fsp3) is 0.208. The van der Waals surface area contributed by atoms with E-state index in [1.165, 1.54) is 39.1 Å². The van der Waals surface area contributed by atoms with Crippen molar-refractivity contribution < 1.29 is 0 Å². The first kappa shape index (κ1) is 15.8. The molecule has 1 unspecified atom stereocenters. The summed E-state index contributed by atoms with van der Waals surface area (Å²) in [5.41, 5.74) is 9.03. The second kappa shape index (κ2) is 6.68. The Balaban J connectivity index is 1.57. The van der Waals surface area contributed by atoms with Crippen molar-refractivity contribution in [3.05, 3.63) is 95.1 Å². The lowest BCUT2D eigenvalue weighted by Crippen LogP contribution is -1.98. The summed E-state index contributed by atoms with van der Waals surface area (Å²) in [6.45, 7) is 4.29. The minimum atomic E-state index is 0.293. The highest BCUT2D eigenvalue weighted by atomic mass is 14.8. The zero-order chi connectivity index (χ0) is 17.2. The highest BCUT2D eigenvalue weighted by molar-refractivity contribution is 6.02. The van der Waals surface area contributed by atoms with E-state index in [4.69, 9.17) is 4.99 Å². The van der Waals surface area contributed by atoms with Gasteiger partial charge in [-0.1, -0.05) is 78.4 Å². The number of hydrogen-bond donors (Lipinski definition) is 0. The quantitative estimate of drug-likeness (QED) is 0.536. The zero-order valence-electron chi connectivity index (χ0n) is 14.9. The summed E-state index contributed by atoms with van der Waals surface area (Å²) in [6, 6.07) is 26.5. The molecular weight excluding hydrogens is 302 g/mol. The Morgan fingerprint density at radius 3 is 2.08 bits per heavy atom. The standard InChI is InChI=1S/C24H23N/c1-17-7-9-19(10-8-17)20-11-13-21(14-12-20)23-15-16-24(25-23)22-6-4-3-5-18(22)2/h3-14,23H,15-16H2,1-2H3. The van der Waals surface area contributed by atoms with E-state index >= 15 is 0 Å². The summed E-state index contributed by atoms with van der Waals surface area (Å²) in [4.78, 5) is 5.02. The van der Waals surface area contributed by atoms with E-state index in [0.29, 0.717) is 6.04 Å². The molecule has 0 aliphatic carbocycles. The third kappa shape index (κ3) is 3.28. The molecule has 0 saturated carbocycles. The molecule has 0 fully saturated rings. The van der Waals surface area contributed by atoms with Crippen LogP contribution in [-0.4, -0.2) is 5.71 Å². The minimum absolute atomic E-state index is 0.293. The zero-order valence-corrected chi connectivity index (χ0v) is 14.9. The first-order valence-corrected chi connectivity index (χ1v) is 9.00. The van der Waals surface area contributed by atoms with Gasteiger partial charge in [0.2, 0.25) is 0 Å². The predicted molar refractivity (Wildman–Crippen MR) is 106 cm³/mol. The number of aryl methyl sites for hydroxylation is 2. The number of rotatable bonds is 3. The average Bonchev–Trinajstić information content (AvgIpc) is 3.13. The Morgan fingerprint density at radius 2 is 1.40 bits per heavy atom. The minimum Gasteiger partial charge on any atom is -0.281 e. The van der Waals surface area contributed by atoms with Crippen molar-refractivity contribution in [2.75, 3.05) is 0 Å². The molecule has 1 heteroatoms. The number of aliphatic imine (C=N–C) groups is 1. The molecule has 3 aromatic carbocycles. The van der Waals surface area contributed by atoms with E-state index in [9.17, 15) is 0 Å². The molecular formula is C24H23N. The lowest BCUT2D eigenvalue weighted by molar-refractivity contribution is 0.723. The third-order valence-electron chi connectivity index (χ3n) is 5.10. The molecule has 0 bridgehead atoms. The topological polar surface area (TPSA) is 12.4 Å². The Bertz CT molecular complexity index is 902. The van der Waals surface area contributed by atoms with Crippen LogP contribution in [0.1, 0.15) is 41.1 Å². The Labute approximate surface area is 150 Å². The molecule has 0 N–H and O–H groups in total. The fourth-order valence-corrected chi connectivity index (χ4v) is 3.58. The molecule has 0 saturated heterocycles. The summed E-state index contributed by atoms with van der Waals surface area (Å²) in [5.74, 6) is 0. The van der Waals surface area contributed by atoms with Crippen molar-refractivity contribution in [1.82, 2.24) is 0 Å². The van der Waals surface area contributed by atoms with Gasteiger partial charge >= 0.3 is 0 Å². The van der Waals surface area contributed by atoms with Crippen LogP contribution in [0.4, 0.5) is 0 Å². The predicted octanol–water partition coefficient (Wildman–Crippen LogP) is 6.29. The molecule has 0 radical (unpaired) electrons. The van der Waals surface area contributed by atoms with Gasteiger partial charge in [-0.05, 0) is 54.5 Å². The average molecular weight is 325 g/mol. The van der Waals surface area contributed by atoms with Gasteiger partial charge < -0.3 is 0 Å². The van der Waals surface area contributed by atoms with Gasteiger partial charge in [0.15, 0.2) is 0 Å². The molecule has 0 aromatic heterocycles. The monoisotopic (exact) mass is 325 g/mol. The Kier molecular flexibility index (Phi) is 4.23. The molecule has 1 atom stereocenters. The molecule has 3 aromatic rings. The normalized spacial score (nSPS) is 16.7. The molecule has 25 heavy (non-hydrogen) atoms. The van der Waals surface area contributed by atoms with Gasteiger partial charge in [0.1, 0.15) is 0 Å². The van der Waals surface area contributed by atoms with Gasteiger partial charge in [-0.2, -0.15) is 0 Å². The summed E-state index contributed by atoms with van der Waals surface area (Å²) >= 11 is 0. The van der Waals surface area contributed by atoms with Crippen molar-refractivity contribution in [2.45, 2.75) is 32.7 Å². The van der Waals surface area contributed by atoms with Crippen LogP contribution in [0.25, 0.3) is 11.1 Å². The highest BCUT2D eigenvalue weighted by Crippen LogP contribution is 2.32. The van der Waals surface area contributed by atoms with Gasteiger partial charge in [0, 0.05) is 5.71 Å². The second-order valence-electron chi connectivity index (χ2n) is 6.93. The van der Waals surface area contributed by atoms with E-state index in [1.54, 1.807) is 0 Å². The lowest BCUT2D eigenvalue weighted by atomic mass is 9.98. The van der Waals surface area contributed by atoms with Gasteiger partial charge in [0.25, 0.3) is 0 Å². The molecule has 1 nitrogen and oxygen atoms in total. The molecule has 0 amide bonds. The largest absolute Gasteiger partial charge is 0.281 e. The second-order valence-corrected chi connectivity index (χ2v) is 6.93. The lowest BCUT2D eigenvalue weighted by Gasteiger charge is -2.09. The van der Waals surface area contributed by atoms with Crippen molar-refractivity contribution in [2.24, 2.45) is 4.99 Å². The number of hydrogen-bond acceptors (Lipinski definition) is 1. The maximum absolute atomic E-state index is 5.02. The van der Waals surface area contributed by atoms with Gasteiger partial charge in [-0.25, -0.2) is 0 Å². The molecule has 124 valence electrons. The SMILES string of the molecule is Cc1ccc(-c2ccc(C3CCC(c4ccccc4C)=N3)cc2)cc1. The third-order valence-corrected chi connectivity index (χ3v) is 5.10. The van der Waals surface area contributed by atoms with Gasteiger partial charge in [-0.3, -0.25) is 4.99 Å². The first-order valence-electron chi connectivity index (χ1n) is 9.00. The molecule has 1 aliphatic rings. The van der Waals surface area contributed by atoms with Crippen molar-refractivity contribution in [1.29, 1.82) is 0 Å². The fourth-order valence-electron chi connectivity index (χ4n) is 3.58. The van der Waals surface area contributed by atoms with Crippen LogP contribution < -0.4 is 0 Å². The smallest absolute Gasteiger partial charge is 0.0756 e. The van der Waals surface area contributed by atoms with Crippen LogP contribution in [-0.2, 0) is 0 Å². The van der Waals surface area contributed by atoms with E-state index in [1.807, 2.05) is 0 Å². The number of benzene rings is 3. The molecule has 4 rings (SSSR count). The Morgan fingerprint density at radius 1 is 0.760 bits per heavy atom. The van der Waals surface area contributed by atoms with Crippen LogP contribution in [0.15, 0.2) is 77.8 Å². The molecule has 1 heterocycles. The summed E-state index contributed by atoms with van der Waals surface area (Å²) in [6.07, 6.45) is 2.17. The van der Waals surface area contributed by atoms with Crippen LogP contribution in [0.3, 0.4) is 0 Å². The summed E-state index contributed by atoms with van der Waals surface area (Å²) in [7, 11) is 0. The van der Waals surface area contributed by atoms with Crippen LogP contribution >= 0.6 is 0 Å².